The molecule has 3 nitrogen and oxygen atoms in total. The van der Waals surface area contributed by atoms with Crippen molar-refractivity contribution in [1.29, 1.82) is 0 Å². The summed E-state index contributed by atoms with van der Waals surface area (Å²) in [4.78, 5) is 0. The van der Waals surface area contributed by atoms with Gasteiger partial charge in [0.2, 0.25) is 0 Å². The molecular weight excluding hydrogens is 222 g/mol. The second kappa shape index (κ2) is 4.33. The third-order valence-electron chi connectivity index (χ3n) is 3.56. The van der Waals surface area contributed by atoms with Crippen molar-refractivity contribution in [2.45, 2.75) is 19.9 Å². The first-order valence-electron chi connectivity index (χ1n) is 6.27. The molecule has 0 aliphatic rings. The average Bonchev–Trinajstić information content (AvgIpc) is 2.94. The predicted octanol–water partition coefficient (Wildman–Crippen LogP) is 2.93. The van der Waals surface area contributed by atoms with E-state index in [0.29, 0.717) is 0 Å². The minimum Gasteiger partial charge on any atom is -0.347 e. The number of benzene rings is 1. The minimum absolute atomic E-state index is 0.993. The van der Waals surface area contributed by atoms with Gasteiger partial charge in [-0.3, -0.25) is 4.68 Å². The molecule has 2 heterocycles. The monoisotopic (exact) mass is 239 g/mol. The van der Waals surface area contributed by atoms with E-state index in [1.54, 1.807) is 0 Å². The van der Waals surface area contributed by atoms with E-state index in [4.69, 9.17) is 0 Å². The van der Waals surface area contributed by atoms with E-state index in [1.807, 2.05) is 17.9 Å². The highest BCUT2D eigenvalue weighted by Crippen LogP contribution is 2.19. The SMILES string of the molecule is Cc1cccc2c1ccn2CCc1ccnn1C. The Morgan fingerprint density at radius 1 is 1.17 bits per heavy atom. The van der Waals surface area contributed by atoms with E-state index in [9.17, 15) is 0 Å². The van der Waals surface area contributed by atoms with Crippen LogP contribution in [0.3, 0.4) is 0 Å². The lowest BCUT2D eigenvalue weighted by Crippen LogP contribution is -2.04. The highest BCUT2D eigenvalue weighted by atomic mass is 15.3. The van der Waals surface area contributed by atoms with Crippen molar-refractivity contribution >= 4 is 10.9 Å². The fourth-order valence-corrected chi connectivity index (χ4v) is 2.45. The van der Waals surface area contributed by atoms with Crippen LogP contribution in [0.2, 0.25) is 0 Å². The van der Waals surface area contributed by atoms with E-state index in [1.165, 1.54) is 22.2 Å². The van der Waals surface area contributed by atoms with Gasteiger partial charge in [0.25, 0.3) is 0 Å². The molecule has 0 atom stereocenters. The van der Waals surface area contributed by atoms with Gasteiger partial charge in [0.1, 0.15) is 0 Å². The Kier molecular flexibility index (Phi) is 2.67. The number of aryl methyl sites for hydroxylation is 4. The first-order chi connectivity index (χ1) is 8.75. The lowest BCUT2D eigenvalue weighted by Gasteiger charge is -2.06. The number of rotatable bonds is 3. The fraction of sp³-hybridized carbons (Fsp3) is 0.267. The van der Waals surface area contributed by atoms with Crippen LogP contribution >= 0.6 is 0 Å². The molecule has 18 heavy (non-hydrogen) atoms. The molecule has 0 bridgehead atoms. The standard InChI is InChI=1S/C15H17N3/c1-12-4-3-5-15-14(12)8-11-18(15)10-7-13-6-9-16-17(13)2/h3-6,8-9,11H,7,10H2,1-2H3. The largest absolute Gasteiger partial charge is 0.347 e. The number of aromatic nitrogens is 3. The van der Waals surface area contributed by atoms with E-state index in [-0.39, 0.29) is 0 Å². The van der Waals surface area contributed by atoms with Crippen LogP contribution in [-0.4, -0.2) is 14.3 Å². The van der Waals surface area contributed by atoms with Crippen molar-refractivity contribution in [2.24, 2.45) is 7.05 Å². The summed E-state index contributed by atoms with van der Waals surface area (Å²) in [6, 6.07) is 10.8. The van der Waals surface area contributed by atoms with Crippen LogP contribution in [0.1, 0.15) is 11.3 Å². The summed E-state index contributed by atoms with van der Waals surface area (Å²) in [5, 5.41) is 5.55. The van der Waals surface area contributed by atoms with E-state index in [0.717, 1.165) is 13.0 Å². The number of nitrogens with zero attached hydrogens (tertiary/aromatic N) is 3. The molecule has 92 valence electrons. The normalized spacial score (nSPS) is 11.2. The molecule has 0 aliphatic heterocycles. The summed E-state index contributed by atoms with van der Waals surface area (Å²) < 4.78 is 4.26. The van der Waals surface area contributed by atoms with E-state index in [2.05, 4.69) is 53.1 Å². The summed E-state index contributed by atoms with van der Waals surface area (Å²) in [5.41, 5.74) is 3.92. The molecule has 0 unspecified atom stereocenters. The second-order valence-electron chi connectivity index (χ2n) is 4.71. The molecule has 0 saturated heterocycles. The van der Waals surface area contributed by atoms with Crippen LogP contribution in [0, 0.1) is 6.92 Å². The van der Waals surface area contributed by atoms with Gasteiger partial charge < -0.3 is 4.57 Å². The van der Waals surface area contributed by atoms with E-state index < -0.39 is 0 Å². The number of hydrogen-bond acceptors (Lipinski definition) is 1. The molecule has 1 aromatic carbocycles. The Balaban J connectivity index is 1.87. The van der Waals surface area contributed by atoms with Crippen LogP contribution in [0.4, 0.5) is 0 Å². The topological polar surface area (TPSA) is 22.8 Å². The lowest BCUT2D eigenvalue weighted by atomic mass is 10.1. The van der Waals surface area contributed by atoms with Gasteiger partial charge >= 0.3 is 0 Å². The number of hydrogen-bond donors (Lipinski definition) is 0. The highest BCUT2D eigenvalue weighted by molar-refractivity contribution is 5.83. The molecule has 3 aromatic rings. The van der Waals surface area contributed by atoms with Crippen molar-refractivity contribution in [2.75, 3.05) is 0 Å². The Labute approximate surface area is 107 Å². The second-order valence-corrected chi connectivity index (χ2v) is 4.71. The van der Waals surface area contributed by atoms with Crippen molar-refractivity contribution in [3.05, 3.63) is 54.0 Å². The molecule has 0 radical (unpaired) electrons. The zero-order chi connectivity index (χ0) is 12.5. The van der Waals surface area contributed by atoms with Crippen LogP contribution in [0.25, 0.3) is 10.9 Å². The summed E-state index contributed by atoms with van der Waals surface area (Å²) >= 11 is 0. The molecule has 0 spiro atoms. The zero-order valence-corrected chi connectivity index (χ0v) is 10.8. The molecule has 3 rings (SSSR count). The Morgan fingerprint density at radius 2 is 2.06 bits per heavy atom. The fourth-order valence-electron chi connectivity index (χ4n) is 2.45. The molecule has 2 aromatic heterocycles. The van der Waals surface area contributed by atoms with Gasteiger partial charge in [0, 0.05) is 49.0 Å². The summed E-state index contributed by atoms with van der Waals surface area (Å²) in [6.07, 6.45) is 5.04. The average molecular weight is 239 g/mol. The quantitative estimate of drug-likeness (QED) is 0.689. The first-order valence-corrected chi connectivity index (χ1v) is 6.27. The maximum absolute atomic E-state index is 4.20. The highest BCUT2D eigenvalue weighted by Gasteiger charge is 2.04. The molecule has 0 N–H and O–H groups in total. The third kappa shape index (κ3) is 1.82. The van der Waals surface area contributed by atoms with Crippen molar-refractivity contribution in [3.8, 4) is 0 Å². The van der Waals surface area contributed by atoms with Gasteiger partial charge in [0.05, 0.1) is 0 Å². The molecule has 0 amide bonds. The van der Waals surface area contributed by atoms with Gasteiger partial charge in [-0.1, -0.05) is 12.1 Å². The van der Waals surface area contributed by atoms with Gasteiger partial charge in [-0.2, -0.15) is 5.10 Å². The zero-order valence-electron chi connectivity index (χ0n) is 10.8. The smallest absolute Gasteiger partial charge is 0.0492 e. The Bertz CT molecular complexity index is 676. The summed E-state index contributed by atoms with van der Waals surface area (Å²) in [7, 11) is 1.99. The van der Waals surface area contributed by atoms with Crippen LogP contribution in [-0.2, 0) is 20.0 Å². The van der Waals surface area contributed by atoms with Crippen molar-refractivity contribution in [1.82, 2.24) is 14.3 Å². The Morgan fingerprint density at radius 3 is 2.83 bits per heavy atom. The third-order valence-corrected chi connectivity index (χ3v) is 3.56. The molecule has 0 fully saturated rings. The minimum atomic E-state index is 0.993. The first kappa shape index (κ1) is 11.1. The van der Waals surface area contributed by atoms with Crippen molar-refractivity contribution < 1.29 is 0 Å². The van der Waals surface area contributed by atoms with Crippen LogP contribution in [0.5, 0.6) is 0 Å². The van der Waals surface area contributed by atoms with E-state index >= 15 is 0 Å². The van der Waals surface area contributed by atoms with Crippen molar-refractivity contribution in [3.63, 3.8) is 0 Å². The molecule has 0 saturated carbocycles. The van der Waals surface area contributed by atoms with Gasteiger partial charge in [-0.25, -0.2) is 0 Å². The van der Waals surface area contributed by atoms with Gasteiger partial charge in [-0.05, 0) is 30.7 Å². The molecule has 3 heteroatoms. The Hall–Kier alpha value is -2.03. The molecular formula is C15H17N3. The maximum Gasteiger partial charge on any atom is 0.0492 e. The van der Waals surface area contributed by atoms with Crippen LogP contribution < -0.4 is 0 Å². The predicted molar refractivity (Wildman–Crippen MR) is 73.6 cm³/mol. The van der Waals surface area contributed by atoms with Gasteiger partial charge in [-0.15, -0.1) is 0 Å². The lowest BCUT2D eigenvalue weighted by molar-refractivity contribution is 0.649. The molecule has 0 aliphatic carbocycles. The summed E-state index contributed by atoms with van der Waals surface area (Å²) in [6.45, 7) is 3.15. The maximum atomic E-state index is 4.20. The van der Waals surface area contributed by atoms with Crippen LogP contribution in [0.15, 0.2) is 42.7 Å². The van der Waals surface area contributed by atoms with Gasteiger partial charge in [0.15, 0.2) is 0 Å². The summed E-state index contributed by atoms with van der Waals surface area (Å²) in [5.74, 6) is 0. The number of fused-ring (bicyclic) bond motifs is 1.